The van der Waals surface area contributed by atoms with E-state index in [1.165, 1.54) is 0 Å². The molecule has 2 unspecified atom stereocenters. The molecule has 5 nitrogen and oxygen atoms in total. The van der Waals surface area contributed by atoms with Crippen LogP contribution < -0.4 is 11.1 Å². The van der Waals surface area contributed by atoms with E-state index in [0.717, 1.165) is 58.3 Å². The molecule has 1 saturated carbocycles. The molecule has 3 N–H and O–H groups in total. The zero-order chi connectivity index (χ0) is 14.6. The average Bonchev–Trinajstić information content (AvgIpc) is 2.48. The monoisotopic (exact) mass is 283 g/mol. The number of rotatable bonds is 5. The number of nitrogens with zero attached hydrogens (tertiary/aromatic N) is 1. The Hall–Kier alpha value is -0.650. The summed E-state index contributed by atoms with van der Waals surface area (Å²) in [6.07, 6.45) is 6.12. The molecule has 20 heavy (non-hydrogen) atoms. The highest BCUT2D eigenvalue weighted by Gasteiger charge is 2.42. The Labute approximate surface area is 122 Å². The number of primary amides is 1. The van der Waals surface area contributed by atoms with Crippen molar-refractivity contribution < 1.29 is 9.53 Å². The smallest absolute Gasteiger partial charge is 0.237 e. The van der Waals surface area contributed by atoms with Crippen molar-refractivity contribution >= 4 is 5.91 Å². The molecule has 0 radical (unpaired) electrons. The number of ether oxygens (including phenoxy) is 1. The second-order valence-corrected chi connectivity index (χ2v) is 6.24. The van der Waals surface area contributed by atoms with Crippen LogP contribution in [0.5, 0.6) is 0 Å². The van der Waals surface area contributed by atoms with Crippen LogP contribution in [0.3, 0.4) is 0 Å². The van der Waals surface area contributed by atoms with Crippen LogP contribution in [0.25, 0.3) is 0 Å². The molecule has 1 saturated heterocycles. The predicted molar refractivity (Wildman–Crippen MR) is 79.5 cm³/mol. The number of amides is 1. The fraction of sp³-hybridized carbons (Fsp3) is 0.933. The molecule has 1 aliphatic carbocycles. The molecule has 2 atom stereocenters. The summed E-state index contributed by atoms with van der Waals surface area (Å²) in [5.41, 5.74) is 5.19. The molecule has 1 amide bonds. The van der Waals surface area contributed by atoms with E-state index in [-0.39, 0.29) is 5.91 Å². The molecule has 1 heterocycles. The van der Waals surface area contributed by atoms with E-state index in [0.29, 0.717) is 12.1 Å². The van der Waals surface area contributed by atoms with Crippen LogP contribution in [0.1, 0.15) is 45.4 Å². The quantitative estimate of drug-likeness (QED) is 0.786. The van der Waals surface area contributed by atoms with Gasteiger partial charge in [-0.1, -0.05) is 6.92 Å². The molecule has 2 aliphatic rings. The van der Waals surface area contributed by atoms with Gasteiger partial charge in [-0.3, -0.25) is 4.79 Å². The largest absolute Gasteiger partial charge is 0.381 e. The number of nitrogens with two attached hydrogens (primary N) is 1. The van der Waals surface area contributed by atoms with E-state index in [4.69, 9.17) is 10.5 Å². The maximum absolute atomic E-state index is 11.9. The van der Waals surface area contributed by atoms with E-state index in [1.54, 1.807) is 0 Å². The molecule has 0 aromatic heterocycles. The Kier molecular flexibility index (Phi) is 5.41. The van der Waals surface area contributed by atoms with Crippen LogP contribution in [0.2, 0.25) is 0 Å². The SMILES string of the molecule is CCNC1(C(N)=O)CCCC(N(C)C2CCOCC2)C1. The molecular weight excluding hydrogens is 254 g/mol. The van der Waals surface area contributed by atoms with Crippen molar-refractivity contribution in [1.29, 1.82) is 0 Å². The van der Waals surface area contributed by atoms with Crippen LogP contribution in [0.4, 0.5) is 0 Å². The van der Waals surface area contributed by atoms with Crippen LogP contribution in [-0.2, 0) is 9.53 Å². The van der Waals surface area contributed by atoms with Crippen LogP contribution in [0, 0.1) is 0 Å². The number of hydrogen-bond donors (Lipinski definition) is 2. The summed E-state index contributed by atoms with van der Waals surface area (Å²) in [7, 11) is 2.20. The molecule has 2 rings (SSSR count). The molecule has 0 aromatic rings. The summed E-state index contributed by atoms with van der Waals surface area (Å²) < 4.78 is 5.44. The summed E-state index contributed by atoms with van der Waals surface area (Å²) >= 11 is 0. The molecule has 5 heteroatoms. The summed E-state index contributed by atoms with van der Waals surface area (Å²) in [5.74, 6) is -0.190. The van der Waals surface area contributed by atoms with Crippen molar-refractivity contribution in [3.63, 3.8) is 0 Å². The number of nitrogens with one attached hydrogen (secondary N) is 1. The minimum atomic E-state index is -0.503. The lowest BCUT2D eigenvalue weighted by Gasteiger charge is -2.45. The number of carbonyl (C=O) groups excluding carboxylic acids is 1. The van der Waals surface area contributed by atoms with Crippen molar-refractivity contribution in [1.82, 2.24) is 10.2 Å². The minimum Gasteiger partial charge on any atom is -0.381 e. The van der Waals surface area contributed by atoms with Crippen LogP contribution >= 0.6 is 0 Å². The van der Waals surface area contributed by atoms with Gasteiger partial charge in [-0.2, -0.15) is 0 Å². The Bertz CT molecular complexity index is 327. The van der Waals surface area contributed by atoms with Gasteiger partial charge in [0, 0.05) is 25.3 Å². The summed E-state index contributed by atoms with van der Waals surface area (Å²) in [5, 5.41) is 3.36. The Balaban J connectivity index is 2.02. The lowest BCUT2D eigenvalue weighted by molar-refractivity contribution is -0.127. The first-order valence-corrected chi connectivity index (χ1v) is 7.93. The molecule has 1 aliphatic heterocycles. The third kappa shape index (κ3) is 3.32. The highest BCUT2D eigenvalue weighted by Crippen LogP contribution is 2.32. The first-order valence-electron chi connectivity index (χ1n) is 7.93. The van der Waals surface area contributed by atoms with Crippen LogP contribution in [0.15, 0.2) is 0 Å². The number of carbonyl (C=O) groups is 1. The number of hydrogen-bond acceptors (Lipinski definition) is 4. The van der Waals surface area contributed by atoms with E-state index in [2.05, 4.69) is 17.3 Å². The third-order valence-corrected chi connectivity index (χ3v) is 5.05. The second-order valence-electron chi connectivity index (χ2n) is 6.24. The van der Waals surface area contributed by atoms with Crippen molar-refractivity contribution in [3.05, 3.63) is 0 Å². The molecule has 116 valence electrons. The first kappa shape index (κ1) is 15.7. The molecule has 0 bridgehead atoms. The predicted octanol–water partition coefficient (Wildman–Crippen LogP) is 0.873. The number of likely N-dealkylation sites (N-methyl/N-ethyl adjacent to an activating group) is 1. The van der Waals surface area contributed by atoms with Crippen molar-refractivity contribution in [2.24, 2.45) is 5.73 Å². The van der Waals surface area contributed by atoms with Gasteiger partial charge in [0.05, 0.1) is 5.54 Å². The zero-order valence-corrected chi connectivity index (χ0v) is 12.9. The van der Waals surface area contributed by atoms with Crippen molar-refractivity contribution in [2.45, 2.75) is 63.1 Å². The Morgan fingerprint density at radius 1 is 1.35 bits per heavy atom. The molecule has 0 spiro atoms. The highest BCUT2D eigenvalue weighted by atomic mass is 16.5. The minimum absolute atomic E-state index is 0.190. The highest BCUT2D eigenvalue weighted by molar-refractivity contribution is 5.84. The second kappa shape index (κ2) is 6.87. The normalized spacial score (nSPS) is 32.5. The Morgan fingerprint density at radius 3 is 2.65 bits per heavy atom. The summed E-state index contributed by atoms with van der Waals surface area (Å²) in [4.78, 5) is 14.4. The maximum atomic E-state index is 11.9. The summed E-state index contributed by atoms with van der Waals surface area (Å²) in [6.45, 7) is 4.54. The van der Waals surface area contributed by atoms with Gasteiger partial charge in [0.25, 0.3) is 0 Å². The van der Waals surface area contributed by atoms with Crippen molar-refractivity contribution in [2.75, 3.05) is 26.8 Å². The van der Waals surface area contributed by atoms with Gasteiger partial charge < -0.3 is 20.7 Å². The van der Waals surface area contributed by atoms with Crippen molar-refractivity contribution in [3.8, 4) is 0 Å². The standard InChI is InChI=1S/C15H29N3O2/c1-3-17-15(14(16)19)8-4-5-13(11-15)18(2)12-6-9-20-10-7-12/h12-13,17H,3-11H2,1-2H3,(H2,16,19). The third-order valence-electron chi connectivity index (χ3n) is 5.05. The fourth-order valence-electron chi connectivity index (χ4n) is 3.79. The van der Waals surface area contributed by atoms with Gasteiger partial charge >= 0.3 is 0 Å². The van der Waals surface area contributed by atoms with E-state index < -0.39 is 5.54 Å². The van der Waals surface area contributed by atoms with E-state index in [9.17, 15) is 4.79 Å². The van der Waals surface area contributed by atoms with Gasteiger partial charge in [-0.15, -0.1) is 0 Å². The lowest BCUT2D eigenvalue weighted by Crippen LogP contribution is -2.61. The first-order chi connectivity index (χ1) is 9.59. The van der Waals surface area contributed by atoms with Gasteiger partial charge in [0.2, 0.25) is 5.91 Å². The van der Waals surface area contributed by atoms with E-state index in [1.807, 2.05) is 6.92 Å². The topological polar surface area (TPSA) is 67.6 Å². The molecular formula is C15H29N3O2. The Morgan fingerprint density at radius 2 is 2.05 bits per heavy atom. The van der Waals surface area contributed by atoms with Gasteiger partial charge in [-0.25, -0.2) is 0 Å². The molecule has 0 aromatic carbocycles. The fourth-order valence-corrected chi connectivity index (χ4v) is 3.79. The van der Waals surface area contributed by atoms with Gasteiger partial charge in [-0.05, 0) is 52.1 Å². The molecule has 2 fully saturated rings. The van der Waals surface area contributed by atoms with Gasteiger partial charge in [0.15, 0.2) is 0 Å². The maximum Gasteiger partial charge on any atom is 0.237 e. The van der Waals surface area contributed by atoms with Crippen LogP contribution in [-0.4, -0.2) is 55.2 Å². The summed E-state index contributed by atoms with van der Waals surface area (Å²) in [6, 6.07) is 1.03. The zero-order valence-electron chi connectivity index (χ0n) is 12.9. The van der Waals surface area contributed by atoms with Gasteiger partial charge in [0.1, 0.15) is 0 Å². The van der Waals surface area contributed by atoms with E-state index >= 15 is 0 Å². The average molecular weight is 283 g/mol. The lowest BCUT2D eigenvalue weighted by atomic mass is 9.77.